The van der Waals surface area contributed by atoms with Crippen LogP contribution < -0.4 is 5.32 Å². The lowest BCUT2D eigenvalue weighted by molar-refractivity contribution is 0.362. The molecule has 1 aliphatic heterocycles. The quantitative estimate of drug-likeness (QED) is 0.646. The molecule has 0 saturated carbocycles. The van der Waals surface area contributed by atoms with Gasteiger partial charge >= 0.3 is 0 Å². The Kier molecular flexibility index (Phi) is 3.92. The first-order valence-corrected chi connectivity index (χ1v) is 5.08. The Morgan fingerprint density at radius 3 is 2.91 bits per heavy atom. The molecule has 0 spiro atoms. The van der Waals surface area contributed by atoms with Gasteiger partial charge in [0.25, 0.3) is 0 Å². The summed E-state index contributed by atoms with van der Waals surface area (Å²) in [6, 6.07) is 0.808. The summed E-state index contributed by atoms with van der Waals surface area (Å²) < 4.78 is 0. The lowest BCUT2D eigenvalue weighted by Crippen LogP contribution is -2.33. The summed E-state index contributed by atoms with van der Waals surface area (Å²) in [7, 11) is 0. The first kappa shape index (κ1) is 9.05. The van der Waals surface area contributed by atoms with E-state index >= 15 is 0 Å². The molecule has 1 fully saturated rings. The molecule has 1 saturated heterocycles. The van der Waals surface area contributed by atoms with Crippen molar-refractivity contribution < 1.29 is 0 Å². The summed E-state index contributed by atoms with van der Waals surface area (Å²) >= 11 is 0. The third-order valence-corrected chi connectivity index (χ3v) is 2.93. The van der Waals surface area contributed by atoms with Crippen molar-refractivity contribution >= 4 is 0 Å². The first-order chi connectivity index (χ1) is 5.34. The zero-order valence-electron chi connectivity index (χ0n) is 7.90. The van der Waals surface area contributed by atoms with E-state index in [1.165, 1.54) is 38.6 Å². The van der Waals surface area contributed by atoms with Crippen molar-refractivity contribution in [1.82, 2.24) is 5.32 Å². The smallest absolute Gasteiger partial charge is 0.00925 e. The van der Waals surface area contributed by atoms with E-state index in [1.54, 1.807) is 0 Å². The van der Waals surface area contributed by atoms with Crippen LogP contribution in [0.2, 0.25) is 0 Å². The predicted octanol–water partition coefficient (Wildman–Crippen LogP) is 2.56. The van der Waals surface area contributed by atoms with Crippen LogP contribution in [0.4, 0.5) is 0 Å². The molecule has 1 rings (SSSR count). The van der Waals surface area contributed by atoms with Crippen LogP contribution in [0.15, 0.2) is 0 Å². The molecule has 1 nitrogen and oxygen atoms in total. The highest BCUT2D eigenvalue weighted by molar-refractivity contribution is 4.74. The van der Waals surface area contributed by atoms with Crippen LogP contribution in [0.1, 0.15) is 46.0 Å². The van der Waals surface area contributed by atoms with Gasteiger partial charge in [0.15, 0.2) is 0 Å². The molecule has 1 heteroatoms. The highest BCUT2D eigenvalue weighted by atomic mass is 14.9. The maximum atomic E-state index is 3.63. The molecule has 0 radical (unpaired) electrons. The van der Waals surface area contributed by atoms with E-state index in [1.807, 2.05) is 0 Å². The van der Waals surface area contributed by atoms with Crippen molar-refractivity contribution in [2.45, 2.75) is 52.0 Å². The fraction of sp³-hybridized carbons (Fsp3) is 1.00. The van der Waals surface area contributed by atoms with E-state index in [2.05, 4.69) is 19.2 Å². The average Bonchev–Trinajstić information content (AvgIpc) is 2.30. The standard InChI is InChI=1S/C10H21N/c1-3-9(2)10-7-5-4-6-8-11-10/h9-11H,3-8H2,1-2H3/t9-,10+/m0/s1. The zero-order valence-corrected chi connectivity index (χ0v) is 7.90. The van der Waals surface area contributed by atoms with Gasteiger partial charge in [0.05, 0.1) is 0 Å². The van der Waals surface area contributed by atoms with E-state index in [4.69, 9.17) is 0 Å². The van der Waals surface area contributed by atoms with Crippen molar-refractivity contribution in [3.63, 3.8) is 0 Å². The maximum Gasteiger partial charge on any atom is 0.00925 e. The molecule has 0 unspecified atom stereocenters. The zero-order chi connectivity index (χ0) is 8.10. The molecule has 1 N–H and O–H groups in total. The van der Waals surface area contributed by atoms with Crippen LogP contribution in [0.3, 0.4) is 0 Å². The van der Waals surface area contributed by atoms with Crippen LogP contribution in [0.25, 0.3) is 0 Å². The summed E-state index contributed by atoms with van der Waals surface area (Å²) in [6.45, 7) is 5.90. The number of hydrogen-bond donors (Lipinski definition) is 1. The minimum Gasteiger partial charge on any atom is -0.314 e. The average molecular weight is 155 g/mol. The van der Waals surface area contributed by atoms with Gasteiger partial charge in [0, 0.05) is 6.04 Å². The second-order valence-electron chi connectivity index (χ2n) is 3.80. The van der Waals surface area contributed by atoms with Crippen LogP contribution in [0, 0.1) is 5.92 Å². The molecule has 0 amide bonds. The number of nitrogens with one attached hydrogen (secondary N) is 1. The lowest BCUT2D eigenvalue weighted by atomic mass is 9.95. The van der Waals surface area contributed by atoms with Gasteiger partial charge in [0.2, 0.25) is 0 Å². The van der Waals surface area contributed by atoms with Gasteiger partial charge in [-0.1, -0.05) is 33.1 Å². The van der Waals surface area contributed by atoms with Crippen LogP contribution in [-0.2, 0) is 0 Å². The summed E-state index contributed by atoms with van der Waals surface area (Å²) in [5.74, 6) is 0.869. The molecule has 66 valence electrons. The molecule has 1 aliphatic rings. The Hall–Kier alpha value is -0.0400. The molecule has 1 heterocycles. The Morgan fingerprint density at radius 2 is 2.18 bits per heavy atom. The third-order valence-electron chi connectivity index (χ3n) is 2.93. The second-order valence-corrected chi connectivity index (χ2v) is 3.80. The maximum absolute atomic E-state index is 3.63. The van der Waals surface area contributed by atoms with Gasteiger partial charge in [-0.25, -0.2) is 0 Å². The SMILES string of the molecule is CC[C@H](C)[C@H]1CCCCCN1. The normalized spacial score (nSPS) is 29.5. The van der Waals surface area contributed by atoms with Crippen molar-refractivity contribution in [1.29, 1.82) is 0 Å². The van der Waals surface area contributed by atoms with Crippen molar-refractivity contribution in [2.75, 3.05) is 6.54 Å². The predicted molar refractivity (Wildman–Crippen MR) is 49.7 cm³/mol. The van der Waals surface area contributed by atoms with Gasteiger partial charge in [-0.2, -0.15) is 0 Å². The molecule has 11 heavy (non-hydrogen) atoms. The van der Waals surface area contributed by atoms with E-state index < -0.39 is 0 Å². The van der Waals surface area contributed by atoms with Crippen LogP contribution in [-0.4, -0.2) is 12.6 Å². The topological polar surface area (TPSA) is 12.0 Å². The molecule has 0 aliphatic carbocycles. The fourth-order valence-electron chi connectivity index (χ4n) is 1.83. The molecule has 2 atom stereocenters. The van der Waals surface area contributed by atoms with E-state index in [-0.39, 0.29) is 0 Å². The van der Waals surface area contributed by atoms with Gasteiger partial charge in [-0.15, -0.1) is 0 Å². The first-order valence-electron chi connectivity index (χ1n) is 5.08. The number of hydrogen-bond acceptors (Lipinski definition) is 1. The van der Waals surface area contributed by atoms with Gasteiger partial charge in [-0.05, 0) is 25.3 Å². The molecule has 0 aromatic heterocycles. The third kappa shape index (κ3) is 2.82. The van der Waals surface area contributed by atoms with E-state index in [9.17, 15) is 0 Å². The van der Waals surface area contributed by atoms with Crippen LogP contribution >= 0.6 is 0 Å². The van der Waals surface area contributed by atoms with Crippen molar-refractivity contribution in [3.8, 4) is 0 Å². The molecule has 0 aromatic carbocycles. The van der Waals surface area contributed by atoms with E-state index in [0.717, 1.165) is 12.0 Å². The Bertz CT molecular complexity index is 93.0. The molecule has 0 aromatic rings. The summed E-state index contributed by atoms with van der Waals surface area (Å²) in [6.07, 6.45) is 6.96. The minimum absolute atomic E-state index is 0.808. The van der Waals surface area contributed by atoms with Crippen molar-refractivity contribution in [2.24, 2.45) is 5.92 Å². The van der Waals surface area contributed by atoms with Crippen LogP contribution in [0.5, 0.6) is 0 Å². The second kappa shape index (κ2) is 4.76. The largest absolute Gasteiger partial charge is 0.314 e. The minimum atomic E-state index is 0.808. The summed E-state index contributed by atoms with van der Waals surface area (Å²) in [5.41, 5.74) is 0. The summed E-state index contributed by atoms with van der Waals surface area (Å²) in [4.78, 5) is 0. The lowest BCUT2D eigenvalue weighted by Gasteiger charge is -2.21. The highest BCUT2D eigenvalue weighted by Gasteiger charge is 2.16. The Labute approximate surface area is 70.6 Å². The molecular weight excluding hydrogens is 134 g/mol. The van der Waals surface area contributed by atoms with E-state index in [0.29, 0.717) is 0 Å². The van der Waals surface area contributed by atoms with Gasteiger partial charge in [-0.3, -0.25) is 0 Å². The highest BCUT2D eigenvalue weighted by Crippen LogP contribution is 2.17. The Morgan fingerprint density at radius 1 is 1.36 bits per heavy atom. The van der Waals surface area contributed by atoms with Gasteiger partial charge < -0.3 is 5.32 Å². The fourth-order valence-corrected chi connectivity index (χ4v) is 1.83. The van der Waals surface area contributed by atoms with Crippen molar-refractivity contribution in [3.05, 3.63) is 0 Å². The molecular formula is C10H21N. The van der Waals surface area contributed by atoms with Gasteiger partial charge in [0.1, 0.15) is 0 Å². The molecule has 0 bridgehead atoms. The summed E-state index contributed by atoms with van der Waals surface area (Å²) in [5, 5.41) is 3.63. The number of rotatable bonds is 2. The monoisotopic (exact) mass is 155 g/mol. The Balaban J connectivity index is 2.30.